The molecule has 1 spiro atoms. The molecule has 17 aromatic rings. The van der Waals surface area contributed by atoms with Gasteiger partial charge in [-0.25, -0.2) is 4.39 Å². The molecule has 21 rings (SSSR count). The maximum absolute atomic E-state index is 23.0. The first-order valence-electron chi connectivity index (χ1n) is 40.3. The Balaban J connectivity index is 0.970. The van der Waals surface area contributed by atoms with Crippen LogP contribution in [0.2, 0.25) is 0 Å². The molecule has 0 saturated heterocycles. The topological polar surface area (TPSA) is 30.3 Å². The van der Waals surface area contributed by atoms with E-state index in [1.807, 2.05) is 0 Å². The first kappa shape index (κ1) is 70.1. The third-order valence-corrected chi connectivity index (χ3v) is 35.9. The summed E-state index contributed by atoms with van der Waals surface area (Å²) in [6.45, 7) is 9.29. The Hall–Kier alpha value is -13.8. The molecule has 6 heteroatoms. The molecule has 2 aliphatic carbocycles. The number of fused-ring (bicyclic) bond motifs is 10. The molecule has 0 N–H and O–H groups in total. The van der Waals surface area contributed by atoms with Crippen LogP contribution in [0.3, 0.4) is 0 Å². The van der Waals surface area contributed by atoms with Crippen LogP contribution >= 0.6 is 0 Å². The van der Waals surface area contributed by atoms with Crippen LogP contribution in [0, 0.1) is 17.1 Å². The maximum atomic E-state index is 23.0. The summed E-state index contributed by atoms with van der Waals surface area (Å²) in [5.74, 6) is -0.382. The molecule has 0 fully saturated rings. The van der Waals surface area contributed by atoms with Crippen LogP contribution in [-0.4, -0.2) is 16.1 Å². The van der Waals surface area contributed by atoms with Crippen molar-refractivity contribution in [2.24, 2.45) is 0 Å². The van der Waals surface area contributed by atoms with Crippen molar-refractivity contribution >= 4 is 91.8 Å². The van der Waals surface area contributed by atoms with E-state index in [1.54, 1.807) is 0 Å². The quantitative estimate of drug-likeness (QED) is 0.114. The van der Waals surface area contributed by atoms with E-state index in [9.17, 15) is 5.26 Å². The van der Waals surface area contributed by atoms with Gasteiger partial charge in [-0.2, -0.15) is 5.26 Å². The van der Waals surface area contributed by atoms with E-state index in [2.05, 4.69) is 456 Å². The molecule has 2 aliphatic heterocycles. The van der Waals surface area contributed by atoms with Gasteiger partial charge in [0.25, 0.3) is 0 Å². The summed E-state index contributed by atoms with van der Waals surface area (Å²) in [6, 6.07) is 154. The predicted octanol–water partition coefficient (Wildman–Crippen LogP) is 22.6. The lowest BCUT2D eigenvalue weighted by molar-refractivity contribution is 0.229. The largest absolute Gasteiger partial charge is 0.307 e. The highest BCUT2D eigenvalue weighted by molar-refractivity contribution is 7.22. The Morgan fingerprint density at radius 2 is 0.491 bits per heavy atom. The lowest BCUT2D eigenvalue weighted by Gasteiger charge is -2.49. The minimum atomic E-state index is -3.64. The number of hydrogen-bond acceptors (Lipinski definition) is 3. The summed E-state index contributed by atoms with van der Waals surface area (Å²) < 4.78 is 23.0. The van der Waals surface area contributed by atoms with Crippen LogP contribution in [0.25, 0.3) is 77.9 Å². The Morgan fingerprint density at radius 3 is 0.759 bits per heavy atom. The molecule has 0 amide bonds. The fourth-order valence-corrected chi connectivity index (χ4v) is 31.9. The Morgan fingerprint density at radius 1 is 0.259 bits per heavy atom. The molecular weight excluding hydrogens is 1440 g/mol. The van der Waals surface area contributed by atoms with Gasteiger partial charge in [0.1, 0.15) is 11.8 Å². The minimum Gasteiger partial charge on any atom is -0.307 e. The minimum absolute atomic E-state index is 0.298. The van der Waals surface area contributed by atoms with Gasteiger partial charge in [0.15, 0.2) is 22.0 Å². The highest BCUT2D eigenvalue weighted by Gasteiger charge is 2.70. The molecule has 550 valence electrons. The van der Waals surface area contributed by atoms with E-state index in [-0.39, 0.29) is 5.82 Å². The van der Waals surface area contributed by atoms with Gasteiger partial charge >= 0.3 is 0 Å². The fourth-order valence-electron chi connectivity index (χ4n) is 21.6. The summed E-state index contributed by atoms with van der Waals surface area (Å²) >= 11 is 0. The average Bonchev–Trinajstić information content (AvgIpc) is 1.46. The van der Waals surface area contributed by atoms with E-state index in [0.717, 1.165) is 133 Å². The van der Waals surface area contributed by atoms with E-state index in [1.165, 1.54) is 20.7 Å². The Kier molecular flexibility index (Phi) is 16.4. The molecule has 2 heterocycles. The van der Waals surface area contributed by atoms with Crippen molar-refractivity contribution in [2.45, 2.75) is 43.9 Å². The summed E-state index contributed by atoms with van der Waals surface area (Å²) in [5, 5.41) is 23.1. The number of nitrogens with zero attached hydrogens (tertiary/aromatic N) is 3. The SMILES string of the molecule is CC1(C)c2c(F)c(N3c4ccc(-c5ccccc5)cc4[Si](c4ccccc4)(c4ccccc4)c4cc(-c5ccccc5)ccc43)c(N3c4ccc(-c5ccccc5)cc4[Si](c4ccccc4)(c4ccccc4)c4cc(-c5ccccc5)ccc43)c(C#N)c2C(C)(C)C12c1cc(-c3ccccc3)ccc1-c1ccc(-c3ccccc3)cc12. The lowest BCUT2D eigenvalue weighted by Crippen LogP contribution is -2.77. The second-order valence-corrected chi connectivity index (χ2v) is 40.0. The van der Waals surface area contributed by atoms with Gasteiger partial charge < -0.3 is 9.80 Å². The first-order valence-corrected chi connectivity index (χ1v) is 44.3. The molecule has 0 unspecified atom stereocenters. The molecule has 116 heavy (non-hydrogen) atoms. The van der Waals surface area contributed by atoms with Crippen LogP contribution in [0.15, 0.2) is 413 Å². The molecule has 0 bridgehead atoms. The van der Waals surface area contributed by atoms with Crippen LogP contribution in [0.5, 0.6) is 0 Å². The summed E-state index contributed by atoms with van der Waals surface area (Å²) in [5.41, 5.74) is 19.7. The van der Waals surface area contributed by atoms with Crippen LogP contribution in [-0.2, 0) is 16.2 Å². The van der Waals surface area contributed by atoms with Crippen molar-refractivity contribution < 1.29 is 4.39 Å². The Bertz CT molecular complexity index is 6400. The molecule has 0 radical (unpaired) electrons. The van der Waals surface area contributed by atoms with Crippen molar-refractivity contribution in [1.82, 2.24) is 0 Å². The summed E-state index contributed by atoms with van der Waals surface area (Å²) in [7, 11) is -7.28. The Labute approximate surface area is 680 Å². The number of anilines is 6. The average molecular weight is 1520 g/mol. The maximum Gasteiger partial charge on any atom is 0.184 e. The highest BCUT2D eigenvalue weighted by atomic mass is 28.3. The second kappa shape index (κ2) is 27.2. The molecule has 0 saturated carbocycles. The third kappa shape index (κ3) is 10.1. The van der Waals surface area contributed by atoms with Gasteiger partial charge in [-0.3, -0.25) is 0 Å². The van der Waals surface area contributed by atoms with Gasteiger partial charge in [-0.1, -0.05) is 404 Å². The molecule has 4 aliphatic rings. The van der Waals surface area contributed by atoms with Crippen LogP contribution in [0.4, 0.5) is 38.5 Å². The van der Waals surface area contributed by atoms with Gasteiger partial charge in [0.2, 0.25) is 0 Å². The molecule has 17 aromatic carbocycles. The van der Waals surface area contributed by atoms with Gasteiger partial charge in [-0.05, 0) is 172 Å². The summed E-state index contributed by atoms with van der Waals surface area (Å²) in [4.78, 5) is 4.70. The number of halogens is 1. The van der Waals surface area contributed by atoms with E-state index in [4.69, 9.17) is 0 Å². The number of benzene rings is 17. The van der Waals surface area contributed by atoms with Gasteiger partial charge in [0, 0.05) is 44.6 Å². The molecule has 3 nitrogen and oxygen atoms in total. The first-order chi connectivity index (χ1) is 57.0. The van der Waals surface area contributed by atoms with E-state index in [0.29, 0.717) is 28.1 Å². The van der Waals surface area contributed by atoms with Gasteiger partial charge in [-0.15, -0.1) is 0 Å². The smallest absolute Gasteiger partial charge is 0.184 e. The monoisotopic (exact) mass is 1520 g/mol. The van der Waals surface area contributed by atoms with Crippen molar-refractivity contribution in [3.05, 3.63) is 446 Å². The zero-order valence-corrected chi connectivity index (χ0v) is 67.0. The molecule has 0 aromatic heterocycles. The van der Waals surface area contributed by atoms with Gasteiger partial charge in [0.05, 0.1) is 11.3 Å². The molecular formula is C110H80FN3Si2. The lowest BCUT2D eigenvalue weighted by atomic mass is 9.52. The van der Waals surface area contributed by atoms with Crippen molar-refractivity contribution in [3.63, 3.8) is 0 Å². The predicted molar refractivity (Wildman–Crippen MR) is 486 cm³/mol. The number of nitriles is 1. The van der Waals surface area contributed by atoms with E-state index < -0.39 is 32.4 Å². The number of hydrogen-bond donors (Lipinski definition) is 0. The van der Waals surface area contributed by atoms with Crippen molar-refractivity contribution in [2.75, 3.05) is 9.80 Å². The van der Waals surface area contributed by atoms with Crippen LogP contribution in [0.1, 0.15) is 55.5 Å². The fraction of sp³-hybridized carbons (Fsp3) is 0.0636. The van der Waals surface area contributed by atoms with Crippen molar-refractivity contribution in [3.8, 4) is 84.0 Å². The standard InChI is InChI=1S/C110H80FN3Si2/c1-108(2)103-92(73-112)106(113-95-63-57-82(76-39-19-7-20-40-76)69-99(95)115(86-47-27-11-28-48-86,87-49-29-12-30-50-87)100-70-83(58-64-96(100)113)77-41-21-8-22-42-77)107(105(111)104(103)109(3,4)110(108)93-67-80(74-35-15-5-16-36-74)55-61-90(93)91-62-56-81(68-94(91)110)75-37-17-6-18-38-75)114-97-65-59-84(78-43-23-9-24-44-78)71-101(97)116(88-51-31-13-32-52-88,89-53-33-14-34-54-89)102-72-85(60-66-98(102)114)79-45-25-10-26-46-79/h5-72H,1-4H3. The third-order valence-electron chi connectivity index (χ3n) is 26.2. The zero-order chi connectivity index (χ0) is 78.1. The number of rotatable bonds is 12. The second-order valence-electron chi connectivity index (χ2n) is 32.5. The highest BCUT2D eigenvalue weighted by Crippen LogP contribution is 2.73. The van der Waals surface area contributed by atoms with Crippen LogP contribution < -0.4 is 51.3 Å². The van der Waals surface area contributed by atoms with Crippen molar-refractivity contribution in [1.29, 1.82) is 5.26 Å². The zero-order valence-electron chi connectivity index (χ0n) is 65.0. The summed E-state index contributed by atoms with van der Waals surface area (Å²) in [6.07, 6.45) is 0. The van der Waals surface area contributed by atoms with E-state index >= 15 is 4.39 Å². The molecule has 0 atom stereocenters. The normalized spacial score (nSPS) is 14.9.